The highest BCUT2D eigenvalue weighted by atomic mass is 32.2. The van der Waals surface area contributed by atoms with Gasteiger partial charge in [-0.25, -0.2) is 13.6 Å². The third kappa shape index (κ3) is 3.73. The van der Waals surface area contributed by atoms with Crippen LogP contribution >= 0.6 is 11.3 Å². The molecule has 0 saturated carbocycles. The Morgan fingerprint density at radius 1 is 1.27 bits per heavy atom. The molecule has 2 aromatic rings. The van der Waals surface area contributed by atoms with Gasteiger partial charge in [0.25, 0.3) is 5.91 Å². The summed E-state index contributed by atoms with van der Waals surface area (Å²) >= 11 is 1.57. The largest absolute Gasteiger partial charge is 0.345 e. The molecule has 1 heterocycles. The molecule has 2 rings (SSSR count). The van der Waals surface area contributed by atoms with Crippen molar-refractivity contribution in [3.05, 3.63) is 51.2 Å². The Hall–Kier alpha value is -1.70. The van der Waals surface area contributed by atoms with Crippen LogP contribution in [0, 0.1) is 13.8 Å². The van der Waals surface area contributed by atoms with Gasteiger partial charge in [0.2, 0.25) is 10.0 Å². The molecule has 0 bridgehead atoms. The van der Waals surface area contributed by atoms with Gasteiger partial charge in [0.05, 0.1) is 16.5 Å². The van der Waals surface area contributed by atoms with Crippen LogP contribution in [-0.4, -0.2) is 14.3 Å². The molecule has 1 amide bonds. The molecule has 0 radical (unpaired) electrons. The van der Waals surface area contributed by atoms with Crippen molar-refractivity contribution in [3.63, 3.8) is 0 Å². The van der Waals surface area contributed by atoms with Gasteiger partial charge in [-0.15, -0.1) is 11.3 Å². The molecule has 0 saturated heterocycles. The maximum Gasteiger partial charge on any atom is 0.252 e. The van der Waals surface area contributed by atoms with Crippen LogP contribution in [0.5, 0.6) is 0 Å². The maximum atomic E-state index is 12.3. The zero-order valence-electron chi connectivity index (χ0n) is 12.6. The van der Waals surface area contributed by atoms with Crippen LogP contribution in [-0.2, 0) is 10.0 Å². The SMILES string of the molecule is Cc1cc(C(=O)NC(C)c2cccc(S(N)(=O)=O)c2)c(C)s1. The van der Waals surface area contributed by atoms with E-state index in [1.807, 2.05) is 19.9 Å². The fraction of sp³-hybridized carbons (Fsp3) is 0.267. The van der Waals surface area contributed by atoms with E-state index in [0.29, 0.717) is 11.1 Å². The molecule has 1 unspecified atom stereocenters. The predicted molar refractivity (Wildman–Crippen MR) is 87.5 cm³/mol. The normalized spacial score (nSPS) is 12.9. The van der Waals surface area contributed by atoms with E-state index < -0.39 is 10.0 Å². The summed E-state index contributed by atoms with van der Waals surface area (Å²) in [5.41, 5.74) is 1.33. The minimum atomic E-state index is -3.75. The average molecular weight is 338 g/mol. The number of primary sulfonamides is 1. The molecule has 1 atom stereocenters. The number of hydrogen-bond donors (Lipinski definition) is 2. The number of carbonyl (C=O) groups is 1. The van der Waals surface area contributed by atoms with Crippen molar-refractivity contribution in [2.24, 2.45) is 5.14 Å². The predicted octanol–water partition coefficient (Wildman–Crippen LogP) is 2.50. The van der Waals surface area contributed by atoms with Crippen molar-refractivity contribution < 1.29 is 13.2 Å². The van der Waals surface area contributed by atoms with E-state index in [0.717, 1.165) is 9.75 Å². The van der Waals surface area contributed by atoms with E-state index >= 15 is 0 Å². The zero-order valence-corrected chi connectivity index (χ0v) is 14.2. The van der Waals surface area contributed by atoms with E-state index in [4.69, 9.17) is 5.14 Å². The first-order valence-corrected chi connectivity index (χ1v) is 9.05. The Balaban J connectivity index is 2.21. The summed E-state index contributed by atoms with van der Waals surface area (Å²) in [5, 5.41) is 8.00. The number of rotatable bonds is 4. The number of hydrogen-bond acceptors (Lipinski definition) is 4. The highest BCUT2D eigenvalue weighted by Crippen LogP contribution is 2.22. The summed E-state index contributed by atoms with van der Waals surface area (Å²) in [6.07, 6.45) is 0. The molecule has 5 nitrogen and oxygen atoms in total. The second-order valence-corrected chi connectivity index (χ2v) is 8.16. The summed E-state index contributed by atoms with van der Waals surface area (Å²) < 4.78 is 22.8. The van der Waals surface area contributed by atoms with Gasteiger partial charge < -0.3 is 5.32 Å². The van der Waals surface area contributed by atoms with Crippen LogP contribution in [0.15, 0.2) is 35.2 Å². The fourth-order valence-corrected chi connectivity index (χ4v) is 3.66. The third-order valence-electron chi connectivity index (χ3n) is 3.32. The number of carbonyl (C=O) groups excluding carboxylic acids is 1. The second kappa shape index (κ2) is 6.20. The summed E-state index contributed by atoms with van der Waals surface area (Å²) in [6, 6.07) is 7.80. The number of thiophene rings is 1. The Bertz CT molecular complexity index is 810. The molecule has 0 fully saturated rings. The van der Waals surface area contributed by atoms with E-state index in [1.165, 1.54) is 12.1 Å². The number of benzene rings is 1. The topological polar surface area (TPSA) is 89.3 Å². The molecular formula is C15H18N2O3S2. The van der Waals surface area contributed by atoms with Gasteiger partial charge in [0, 0.05) is 9.75 Å². The average Bonchev–Trinajstić information content (AvgIpc) is 2.77. The van der Waals surface area contributed by atoms with E-state index in [-0.39, 0.29) is 16.8 Å². The summed E-state index contributed by atoms with van der Waals surface area (Å²) in [4.78, 5) is 14.4. The number of sulfonamides is 1. The van der Waals surface area contributed by atoms with Gasteiger partial charge >= 0.3 is 0 Å². The molecule has 0 aliphatic carbocycles. The van der Waals surface area contributed by atoms with Crippen molar-refractivity contribution in [1.29, 1.82) is 0 Å². The highest BCUT2D eigenvalue weighted by Gasteiger charge is 2.16. The van der Waals surface area contributed by atoms with Crippen LogP contribution < -0.4 is 10.5 Å². The minimum Gasteiger partial charge on any atom is -0.345 e. The van der Waals surface area contributed by atoms with Crippen LogP contribution in [0.25, 0.3) is 0 Å². The van der Waals surface area contributed by atoms with Crippen LogP contribution in [0.2, 0.25) is 0 Å². The molecule has 0 aliphatic heterocycles. The van der Waals surface area contributed by atoms with E-state index in [1.54, 1.807) is 30.4 Å². The second-order valence-electron chi connectivity index (χ2n) is 5.14. The number of nitrogens with one attached hydrogen (secondary N) is 1. The monoisotopic (exact) mass is 338 g/mol. The molecule has 0 aliphatic rings. The zero-order chi connectivity index (χ0) is 16.5. The van der Waals surface area contributed by atoms with E-state index in [9.17, 15) is 13.2 Å². The lowest BCUT2D eigenvalue weighted by Crippen LogP contribution is -2.27. The van der Waals surface area contributed by atoms with Gasteiger partial charge in [0.15, 0.2) is 0 Å². The molecule has 1 aromatic carbocycles. The van der Waals surface area contributed by atoms with Gasteiger partial charge in [-0.05, 0) is 44.5 Å². The van der Waals surface area contributed by atoms with Gasteiger partial charge in [-0.2, -0.15) is 0 Å². The highest BCUT2D eigenvalue weighted by molar-refractivity contribution is 7.89. The summed E-state index contributed by atoms with van der Waals surface area (Å²) in [6.45, 7) is 5.65. The van der Waals surface area contributed by atoms with Crippen LogP contribution in [0.4, 0.5) is 0 Å². The van der Waals surface area contributed by atoms with Gasteiger partial charge in [0.1, 0.15) is 0 Å². The maximum absolute atomic E-state index is 12.3. The third-order valence-corrected chi connectivity index (χ3v) is 5.20. The summed E-state index contributed by atoms with van der Waals surface area (Å²) in [5.74, 6) is -0.171. The lowest BCUT2D eigenvalue weighted by molar-refractivity contribution is 0.0939. The molecule has 1 aromatic heterocycles. The lowest BCUT2D eigenvalue weighted by Gasteiger charge is -2.15. The van der Waals surface area contributed by atoms with Crippen molar-refractivity contribution in [2.45, 2.75) is 31.7 Å². The van der Waals surface area contributed by atoms with Crippen molar-refractivity contribution in [3.8, 4) is 0 Å². The molecule has 0 spiro atoms. The number of nitrogens with two attached hydrogens (primary N) is 1. The van der Waals surface area contributed by atoms with Gasteiger partial charge in [-0.3, -0.25) is 4.79 Å². The first-order chi connectivity index (χ1) is 10.2. The number of amides is 1. The molecular weight excluding hydrogens is 320 g/mol. The quantitative estimate of drug-likeness (QED) is 0.897. The summed E-state index contributed by atoms with van der Waals surface area (Å²) in [7, 11) is -3.75. The first-order valence-electron chi connectivity index (χ1n) is 6.69. The molecule has 118 valence electrons. The Morgan fingerprint density at radius 3 is 2.50 bits per heavy atom. The smallest absolute Gasteiger partial charge is 0.252 e. The minimum absolute atomic E-state index is 0.0358. The van der Waals surface area contributed by atoms with Crippen molar-refractivity contribution >= 4 is 27.3 Å². The standard InChI is InChI=1S/C15H18N2O3S2/c1-9-7-14(11(3)21-9)15(18)17-10(2)12-5-4-6-13(8-12)22(16,19)20/h4-8,10H,1-3H3,(H,17,18)(H2,16,19,20). The molecule has 7 heteroatoms. The Kier molecular flexibility index (Phi) is 4.69. The number of aryl methyl sites for hydroxylation is 2. The fourth-order valence-electron chi connectivity index (χ4n) is 2.17. The van der Waals surface area contributed by atoms with Crippen LogP contribution in [0.3, 0.4) is 0 Å². The first kappa shape index (κ1) is 16.7. The molecule has 3 N–H and O–H groups in total. The van der Waals surface area contributed by atoms with Crippen LogP contribution in [0.1, 0.15) is 38.6 Å². The Morgan fingerprint density at radius 2 is 1.95 bits per heavy atom. The molecule has 22 heavy (non-hydrogen) atoms. The van der Waals surface area contributed by atoms with E-state index in [2.05, 4.69) is 5.32 Å². The van der Waals surface area contributed by atoms with Crippen molar-refractivity contribution in [1.82, 2.24) is 5.32 Å². The lowest BCUT2D eigenvalue weighted by atomic mass is 10.1. The van der Waals surface area contributed by atoms with Gasteiger partial charge in [-0.1, -0.05) is 12.1 Å². The Labute approximate surface area is 134 Å². The van der Waals surface area contributed by atoms with Crippen molar-refractivity contribution in [2.75, 3.05) is 0 Å².